The number of fused-ring (bicyclic) bond motifs is 1. The highest BCUT2D eigenvalue weighted by atomic mass is 16.5. The third-order valence-corrected chi connectivity index (χ3v) is 7.66. The van der Waals surface area contributed by atoms with Gasteiger partial charge in [0.05, 0.1) is 37.1 Å². The molecule has 0 spiro atoms. The summed E-state index contributed by atoms with van der Waals surface area (Å²) in [5.74, 6) is 1.76. The van der Waals surface area contributed by atoms with Crippen molar-refractivity contribution in [1.29, 1.82) is 0 Å². The van der Waals surface area contributed by atoms with Crippen LogP contribution < -0.4 is 16.0 Å². The van der Waals surface area contributed by atoms with E-state index < -0.39 is 23.3 Å². The van der Waals surface area contributed by atoms with E-state index >= 15 is 0 Å². The summed E-state index contributed by atoms with van der Waals surface area (Å²) in [7, 11) is 0. The van der Waals surface area contributed by atoms with E-state index in [0.29, 0.717) is 40.0 Å². The Labute approximate surface area is 254 Å². The molecule has 7 aromatic rings. The normalized spacial score (nSPS) is 12.8. The number of benzene rings is 2. The molecule has 7 rings (SSSR count). The Morgan fingerprint density at radius 1 is 0.844 bits per heavy atom. The standard InChI is InChI=1S/C32H26N6O7/c1-18(22-11-13-42-15-22)37-29-27(31(40)38(32(37)41)19(2)23-12-14-43-16-23)34-28(35-29)20-5-9-25(10-6-20)44-17-26-33-30(45-36-26)21-3-7-24(39)8-4-21/h3-16,18-19,39H,17H2,1-2H3,(H,34,35). The number of aromatic amines is 1. The molecule has 2 N–H and O–H groups in total. The summed E-state index contributed by atoms with van der Waals surface area (Å²) in [6.07, 6.45) is 6.11. The second-order valence-corrected chi connectivity index (χ2v) is 10.5. The molecule has 0 aliphatic heterocycles. The van der Waals surface area contributed by atoms with Crippen LogP contribution in [0.15, 0.2) is 109 Å². The minimum Gasteiger partial charge on any atom is -0.508 e. The SMILES string of the molecule is CC(c1ccoc1)n1c(=O)c2[nH]c(-c3ccc(OCc4noc(-c5ccc(O)cc5)n4)cc3)nc2n(C(C)c2ccoc2)c1=O. The van der Waals surface area contributed by atoms with Crippen LogP contribution >= 0.6 is 0 Å². The minimum absolute atomic E-state index is 0.0676. The Balaban J connectivity index is 1.19. The smallest absolute Gasteiger partial charge is 0.333 e. The molecule has 0 aliphatic rings. The van der Waals surface area contributed by atoms with Gasteiger partial charge in [0, 0.05) is 22.3 Å². The highest BCUT2D eigenvalue weighted by Crippen LogP contribution is 2.26. The highest BCUT2D eigenvalue weighted by molar-refractivity contribution is 5.76. The first-order chi connectivity index (χ1) is 21.9. The Hall–Kier alpha value is -6.11. The summed E-state index contributed by atoms with van der Waals surface area (Å²) in [4.78, 5) is 39.9. The number of aromatic hydroxyl groups is 1. The summed E-state index contributed by atoms with van der Waals surface area (Å²) in [6.45, 7) is 3.68. The van der Waals surface area contributed by atoms with Crippen LogP contribution in [0, 0.1) is 0 Å². The number of phenols is 1. The number of furan rings is 2. The number of hydrogen-bond acceptors (Lipinski definition) is 10. The number of ether oxygens (including phenoxy) is 1. The van der Waals surface area contributed by atoms with Crippen molar-refractivity contribution in [3.63, 3.8) is 0 Å². The van der Waals surface area contributed by atoms with Gasteiger partial charge in [-0.05, 0) is 74.5 Å². The predicted molar refractivity (Wildman–Crippen MR) is 161 cm³/mol. The largest absolute Gasteiger partial charge is 0.508 e. The van der Waals surface area contributed by atoms with Gasteiger partial charge in [0.25, 0.3) is 11.4 Å². The molecule has 0 amide bonds. The van der Waals surface area contributed by atoms with E-state index in [0.717, 1.165) is 5.56 Å². The highest BCUT2D eigenvalue weighted by Gasteiger charge is 2.25. The fraction of sp³-hybridized carbons (Fsp3) is 0.156. The van der Waals surface area contributed by atoms with Crippen LogP contribution in [-0.4, -0.2) is 34.3 Å². The summed E-state index contributed by atoms with van der Waals surface area (Å²) >= 11 is 0. The van der Waals surface area contributed by atoms with Crippen LogP contribution in [0.1, 0.15) is 42.9 Å². The van der Waals surface area contributed by atoms with Gasteiger partial charge in [-0.1, -0.05) is 5.16 Å². The van der Waals surface area contributed by atoms with Gasteiger partial charge >= 0.3 is 5.69 Å². The molecule has 0 fully saturated rings. The summed E-state index contributed by atoms with van der Waals surface area (Å²) < 4.78 is 24.3. The molecule has 13 nitrogen and oxygen atoms in total. The number of imidazole rings is 1. The first-order valence-electron chi connectivity index (χ1n) is 14.0. The van der Waals surface area contributed by atoms with Gasteiger partial charge in [0.15, 0.2) is 12.3 Å². The maximum atomic E-state index is 13.9. The number of H-pyrrole nitrogens is 1. The van der Waals surface area contributed by atoms with Crippen LogP contribution in [0.2, 0.25) is 0 Å². The molecule has 0 aliphatic carbocycles. The van der Waals surface area contributed by atoms with Crippen molar-refractivity contribution >= 4 is 11.2 Å². The Bertz CT molecular complexity index is 2190. The lowest BCUT2D eigenvalue weighted by molar-refractivity contribution is 0.287. The van der Waals surface area contributed by atoms with Crippen molar-refractivity contribution in [2.24, 2.45) is 0 Å². The lowest BCUT2D eigenvalue weighted by Gasteiger charge is -2.19. The van der Waals surface area contributed by atoms with Gasteiger partial charge in [0.2, 0.25) is 5.82 Å². The molecular formula is C32H26N6O7. The number of rotatable bonds is 9. The predicted octanol–water partition coefficient (Wildman–Crippen LogP) is 5.29. The van der Waals surface area contributed by atoms with E-state index in [9.17, 15) is 14.7 Å². The molecule has 0 radical (unpaired) electrons. The average molecular weight is 607 g/mol. The van der Waals surface area contributed by atoms with Crippen LogP contribution in [0.3, 0.4) is 0 Å². The van der Waals surface area contributed by atoms with E-state index in [2.05, 4.69) is 15.1 Å². The molecule has 5 aromatic heterocycles. The molecule has 2 atom stereocenters. The van der Waals surface area contributed by atoms with Crippen molar-refractivity contribution in [2.45, 2.75) is 32.5 Å². The number of aromatic nitrogens is 6. The lowest BCUT2D eigenvalue weighted by atomic mass is 10.1. The quantitative estimate of drug-likeness (QED) is 0.220. The molecule has 2 aromatic carbocycles. The van der Waals surface area contributed by atoms with Gasteiger partial charge in [-0.2, -0.15) is 4.98 Å². The first-order valence-corrected chi connectivity index (χ1v) is 14.0. The third kappa shape index (κ3) is 5.09. The molecule has 13 heteroatoms. The summed E-state index contributed by atoms with van der Waals surface area (Å²) in [5, 5.41) is 13.4. The zero-order chi connectivity index (χ0) is 31.1. The second-order valence-electron chi connectivity index (χ2n) is 10.5. The monoisotopic (exact) mass is 606 g/mol. The van der Waals surface area contributed by atoms with Crippen molar-refractivity contribution in [3.05, 3.63) is 124 Å². The van der Waals surface area contributed by atoms with Crippen LogP contribution in [0.5, 0.6) is 11.5 Å². The van der Waals surface area contributed by atoms with Crippen molar-refractivity contribution in [1.82, 2.24) is 29.2 Å². The third-order valence-electron chi connectivity index (χ3n) is 7.66. The van der Waals surface area contributed by atoms with E-state index in [1.165, 1.54) is 40.1 Å². The zero-order valence-corrected chi connectivity index (χ0v) is 24.1. The van der Waals surface area contributed by atoms with Crippen molar-refractivity contribution in [3.8, 4) is 34.3 Å². The summed E-state index contributed by atoms with van der Waals surface area (Å²) in [5.41, 5.74) is 2.21. The fourth-order valence-electron chi connectivity index (χ4n) is 5.14. The van der Waals surface area contributed by atoms with Gasteiger partial charge in [-0.3, -0.25) is 13.9 Å². The second kappa shape index (κ2) is 11.2. The van der Waals surface area contributed by atoms with Gasteiger partial charge < -0.3 is 28.2 Å². The molecule has 45 heavy (non-hydrogen) atoms. The van der Waals surface area contributed by atoms with Gasteiger partial charge in [-0.25, -0.2) is 9.78 Å². The van der Waals surface area contributed by atoms with Crippen molar-refractivity contribution < 1.29 is 23.2 Å². The molecule has 0 bridgehead atoms. The van der Waals surface area contributed by atoms with Gasteiger partial charge in [-0.15, -0.1) is 0 Å². The molecule has 2 unspecified atom stereocenters. The molecular weight excluding hydrogens is 580 g/mol. The van der Waals surface area contributed by atoms with E-state index in [4.69, 9.17) is 23.1 Å². The van der Waals surface area contributed by atoms with Crippen molar-refractivity contribution in [2.75, 3.05) is 0 Å². The average Bonchev–Trinajstić information content (AvgIpc) is 3.88. The maximum absolute atomic E-state index is 13.9. The van der Waals surface area contributed by atoms with E-state index in [1.54, 1.807) is 61.7 Å². The molecule has 226 valence electrons. The van der Waals surface area contributed by atoms with Crippen LogP contribution in [0.25, 0.3) is 34.0 Å². The Morgan fingerprint density at radius 3 is 2.13 bits per heavy atom. The van der Waals surface area contributed by atoms with Crippen LogP contribution in [-0.2, 0) is 6.61 Å². The topological polar surface area (TPSA) is 167 Å². The summed E-state index contributed by atoms with van der Waals surface area (Å²) in [6, 6.07) is 15.9. The number of nitrogens with zero attached hydrogens (tertiary/aromatic N) is 5. The zero-order valence-electron chi connectivity index (χ0n) is 24.1. The molecule has 0 saturated carbocycles. The molecule has 5 heterocycles. The lowest BCUT2D eigenvalue weighted by Crippen LogP contribution is -2.43. The number of nitrogens with one attached hydrogen (secondary N) is 1. The number of phenolic OH excluding ortho intramolecular Hbond substituents is 1. The van der Waals surface area contributed by atoms with Crippen LogP contribution in [0.4, 0.5) is 0 Å². The van der Waals surface area contributed by atoms with E-state index in [-0.39, 0.29) is 23.5 Å². The number of hydrogen-bond donors (Lipinski definition) is 2. The fourth-order valence-corrected chi connectivity index (χ4v) is 5.14. The van der Waals surface area contributed by atoms with E-state index in [1.807, 2.05) is 6.92 Å². The minimum atomic E-state index is -0.587. The Morgan fingerprint density at radius 2 is 1.49 bits per heavy atom. The van der Waals surface area contributed by atoms with Gasteiger partial charge in [0.1, 0.15) is 22.8 Å². The molecule has 0 saturated heterocycles. The first kappa shape index (κ1) is 27.7. The maximum Gasteiger partial charge on any atom is 0.333 e. The Kier molecular flexibility index (Phi) is 6.89.